The minimum atomic E-state index is -0.508. The number of fused-ring (bicyclic) bond motifs is 2. The molecule has 0 bridgehead atoms. The van der Waals surface area contributed by atoms with Crippen molar-refractivity contribution in [1.82, 2.24) is 0 Å². The molecule has 0 nitrogen and oxygen atoms in total. The first-order valence-electron chi connectivity index (χ1n) is 7.14. The van der Waals surface area contributed by atoms with Crippen LogP contribution in [0.25, 0.3) is 10.8 Å². The Bertz CT molecular complexity index is 651. The summed E-state index contributed by atoms with van der Waals surface area (Å²) in [5.41, 5.74) is 2.39. The van der Waals surface area contributed by atoms with E-state index in [0.717, 1.165) is 24.5 Å². The monoisotopic (exact) mass is 338 g/mol. The van der Waals surface area contributed by atoms with E-state index in [1.165, 1.54) is 24.5 Å². The zero-order chi connectivity index (χ0) is 14.3. The molecule has 0 fully saturated rings. The maximum atomic E-state index is 13.9. The summed E-state index contributed by atoms with van der Waals surface area (Å²) in [5, 5.41) is 1.18. The number of rotatable bonds is 2. The number of halogens is 3. The fraction of sp³-hybridized carbons (Fsp3) is 0.412. The summed E-state index contributed by atoms with van der Waals surface area (Å²) < 4.78 is 27.2. The van der Waals surface area contributed by atoms with Gasteiger partial charge in [0.05, 0.1) is 0 Å². The molecule has 106 valence electrons. The number of hydrogen-bond acceptors (Lipinski definition) is 0. The number of benzene rings is 2. The molecule has 1 aliphatic rings. The second kappa shape index (κ2) is 5.44. The van der Waals surface area contributed by atoms with Crippen molar-refractivity contribution in [3.8, 4) is 0 Å². The lowest BCUT2D eigenvalue weighted by atomic mass is 9.80. The van der Waals surface area contributed by atoms with Crippen molar-refractivity contribution in [2.45, 2.75) is 37.4 Å². The highest BCUT2D eigenvalue weighted by molar-refractivity contribution is 9.09. The van der Waals surface area contributed by atoms with Gasteiger partial charge in [0.2, 0.25) is 0 Å². The van der Waals surface area contributed by atoms with Gasteiger partial charge in [-0.3, -0.25) is 0 Å². The summed E-state index contributed by atoms with van der Waals surface area (Å²) in [7, 11) is 0. The van der Waals surface area contributed by atoms with Crippen molar-refractivity contribution < 1.29 is 8.78 Å². The number of alkyl halides is 1. The van der Waals surface area contributed by atoms with Gasteiger partial charge in [-0.25, -0.2) is 8.78 Å². The van der Waals surface area contributed by atoms with Gasteiger partial charge in [-0.1, -0.05) is 41.8 Å². The number of hydrogen-bond donors (Lipinski definition) is 0. The standard InChI is InChI=1S/C17H17BrF2/c1-2-3-10-4-11-6-12-7-13(19)8-17(20)15(12)9-14(11)16(18)5-10/h6-10,16H,2-5H2,1H3. The summed E-state index contributed by atoms with van der Waals surface area (Å²) in [6.07, 6.45) is 4.49. The Labute approximate surface area is 126 Å². The van der Waals surface area contributed by atoms with E-state index in [2.05, 4.69) is 22.9 Å². The first-order chi connectivity index (χ1) is 9.58. The van der Waals surface area contributed by atoms with E-state index in [1.54, 1.807) is 0 Å². The minimum absolute atomic E-state index is 0.275. The van der Waals surface area contributed by atoms with Crippen molar-refractivity contribution in [2.75, 3.05) is 0 Å². The highest BCUT2D eigenvalue weighted by Gasteiger charge is 2.25. The van der Waals surface area contributed by atoms with E-state index in [4.69, 9.17) is 0 Å². The molecule has 0 amide bonds. The molecule has 2 aromatic carbocycles. The van der Waals surface area contributed by atoms with Crippen molar-refractivity contribution in [1.29, 1.82) is 0 Å². The molecule has 2 aromatic rings. The zero-order valence-electron chi connectivity index (χ0n) is 11.4. The van der Waals surface area contributed by atoms with Gasteiger partial charge in [0.1, 0.15) is 11.6 Å². The summed E-state index contributed by atoms with van der Waals surface area (Å²) in [6.45, 7) is 2.20. The highest BCUT2D eigenvalue weighted by Crippen LogP contribution is 2.42. The first kappa shape index (κ1) is 14.0. The molecule has 0 saturated carbocycles. The van der Waals surface area contributed by atoms with Gasteiger partial charge < -0.3 is 0 Å². The molecular weight excluding hydrogens is 322 g/mol. The summed E-state index contributed by atoms with van der Waals surface area (Å²) in [5.74, 6) is -0.322. The molecule has 0 radical (unpaired) electrons. The van der Waals surface area contributed by atoms with Gasteiger partial charge in [-0.05, 0) is 47.4 Å². The third kappa shape index (κ3) is 2.48. The maximum Gasteiger partial charge on any atom is 0.133 e. The fourth-order valence-electron chi connectivity index (χ4n) is 3.31. The average molecular weight is 339 g/mol. The van der Waals surface area contributed by atoms with Gasteiger partial charge in [-0.2, -0.15) is 0 Å². The maximum absolute atomic E-state index is 13.9. The van der Waals surface area contributed by atoms with Crippen LogP contribution in [-0.4, -0.2) is 0 Å². The lowest BCUT2D eigenvalue weighted by molar-refractivity contribution is 0.421. The third-order valence-electron chi connectivity index (χ3n) is 4.21. The molecule has 0 heterocycles. The Hall–Kier alpha value is -0.960. The molecule has 0 aliphatic heterocycles. The van der Waals surface area contributed by atoms with Crippen LogP contribution in [0.5, 0.6) is 0 Å². The molecule has 20 heavy (non-hydrogen) atoms. The van der Waals surface area contributed by atoms with Crippen LogP contribution in [0.3, 0.4) is 0 Å². The van der Waals surface area contributed by atoms with Crippen LogP contribution < -0.4 is 0 Å². The second-order valence-electron chi connectivity index (χ2n) is 5.72. The van der Waals surface area contributed by atoms with Gasteiger partial charge in [-0.15, -0.1) is 0 Å². The van der Waals surface area contributed by atoms with Crippen molar-refractivity contribution >= 4 is 26.7 Å². The lowest BCUT2D eigenvalue weighted by Crippen LogP contribution is -2.16. The Kier molecular flexibility index (Phi) is 3.80. The van der Waals surface area contributed by atoms with Gasteiger partial charge in [0.15, 0.2) is 0 Å². The van der Waals surface area contributed by atoms with Crippen LogP contribution in [0.1, 0.15) is 42.1 Å². The van der Waals surface area contributed by atoms with Crippen LogP contribution in [0.4, 0.5) is 8.78 Å². The van der Waals surface area contributed by atoms with Crippen LogP contribution in [-0.2, 0) is 6.42 Å². The fourth-order valence-corrected chi connectivity index (χ4v) is 4.26. The van der Waals surface area contributed by atoms with E-state index >= 15 is 0 Å². The molecular formula is C17H17BrF2. The van der Waals surface area contributed by atoms with E-state index in [0.29, 0.717) is 16.7 Å². The highest BCUT2D eigenvalue weighted by atomic mass is 79.9. The smallest absolute Gasteiger partial charge is 0.133 e. The van der Waals surface area contributed by atoms with Gasteiger partial charge >= 0.3 is 0 Å². The predicted octanol–water partition coefficient (Wildman–Crippen LogP) is 5.92. The van der Waals surface area contributed by atoms with Crippen molar-refractivity contribution in [3.63, 3.8) is 0 Å². The van der Waals surface area contributed by atoms with Gasteiger partial charge in [0.25, 0.3) is 0 Å². The van der Waals surface area contributed by atoms with E-state index in [1.807, 2.05) is 12.1 Å². The molecule has 0 N–H and O–H groups in total. The Morgan fingerprint density at radius 1 is 1.20 bits per heavy atom. The second-order valence-corrected chi connectivity index (χ2v) is 6.83. The third-order valence-corrected chi connectivity index (χ3v) is 5.08. The molecule has 0 spiro atoms. The molecule has 1 aliphatic carbocycles. The molecule has 0 saturated heterocycles. The van der Waals surface area contributed by atoms with Gasteiger partial charge in [0, 0.05) is 16.3 Å². The summed E-state index contributed by atoms with van der Waals surface area (Å²) in [6, 6.07) is 6.24. The summed E-state index contributed by atoms with van der Waals surface area (Å²) in [4.78, 5) is 0.275. The minimum Gasteiger partial charge on any atom is -0.207 e. The molecule has 0 aromatic heterocycles. The zero-order valence-corrected chi connectivity index (χ0v) is 13.0. The molecule has 3 rings (SSSR count). The Morgan fingerprint density at radius 3 is 2.75 bits per heavy atom. The van der Waals surface area contributed by atoms with Crippen molar-refractivity contribution in [3.05, 3.63) is 47.0 Å². The molecule has 3 heteroatoms. The quantitative estimate of drug-likeness (QED) is 0.596. The molecule has 2 atom stereocenters. The van der Waals surface area contributed by atoms with Crippen LogP contribution in [0.2, 0.25) is 0 Å². The van der Waals surface area contributed by atoms with Crippen molar-refractivity contribution in [2.24, 2.45) is 5.92 Å². The Morgan fingerprint density at radius 2 is 2.00 bits per heavy atom. The van der Waals surface area contributed by atoms with Crippen LogP contribution in [0, 0.1) is 17.6 Å². The van der Waals surface area contributed by atoms with E-state index in [-0.39, 0.29) is 4.83 Å². The molecule has 2 unspecified atom stereocenters. The largest absolute Gasteiger partial charge is 0.207 e. The topological polar surface area (TPSA) is 0 Å². The van der Waals surface area contributed by atoms with Crippen LogP contribution in [0.15, 0.2) is 24.3 Å². The predicted molar refractivity (Wildman–Crippen MR) is 82.3 cm³/mol. The summed E-state index contributed by atoms with van der Waals surface area (Å²) >= 11 is 3.73. The first-order valence-corrected chi connectivity index (χ1v) is 8.05. The normalized spacial score (nSPS) is 22.0. The van der Waals surface area contributed by atoms with E-state index < -0.39 is 11.6 Å². The Balaban J connectivity index is 2.11. The SMILES string of the molecule is CCCC1Cc2cc3cc(F)cc(F)c3cc2C(Br)C1. The lowest BCUT2D eigenvalue weighted by Gasteiger charge is -2.29. The van der Waals surface area contributed by atoms with E-state index in [9.17, 15) is 8.78 Å². The van der Waals surface area contributed by atoms with Crippen LogP contribution >= 0.6 is 15.9 Å². The average Bonchev–Trinajstić information content (AvgIpc) is 2.37.